The molecule has 0 saturated carbocycles. The highest BCUT2D eigenvalue weighted by Gasteiger charge is 2.14. The molecule has 3 N–H and O–H groups in total. The molecule has 0 atom stereocenters. The third-order valence-corrected chi connectivity index (χ3v) is 3.94. The number of hydrogen-bond acceptors (Lipinski definition) is 6. The van der Waals surface area contributed by atoms with Crippen LogP contribution in [0.25, 0.3) is 4.91 Å². The van der Waals surface area contributed by atoms with Crippen molar-refractivity contribution in [2.45, 2.75) is 0 Å². The van der Waals surface area contributed by atoms with Gasteiger partial charge in [-0.05, 0) is 30.0 Å². The van der Waals surface area contributed by atoms with Crippen LogP contribution in [0.3, 0.4) is 0 Å². The summed E-state index contributed by atoms with van der Waals surface area (Å²) in [6.07, 6.45) is 3.44. The number of amidine groups is 1. The highest BCUT2D eigenvalue weighted by atomic mass is 32.2. The molecule has 1 rings (SSSR count). The van der Waals surface area contributed by atoms with Crippen LogP contribution in [0.15, 0.2) is 36.2 Å². The monoisotopic (exact) mass is 325 g/mol. The first-order valence-corrected chi connectivity index (χ1v) is 7.38. The van der Waals surface area contributed by atoms with Crippen LogP contribution in [0.4, 0.5) is 0 Å². The van der Waals surface area contributed by atoms with E-state index in [1.807, 2.05) is 12.1 Å². The number of aromatic nitrogens is 1. The zero-order valence-corrected chi connectivity index (χ0v) is 13.7. The Bertz CT molecular complexity index is 507. The summed E-state index contributed by atoms with van der Waals surface area (Å²) < 4.78 is 4.96. The Hall–Kier alpha value is -1.64. The van der Waals surface area contributed by atoms with Crippen molar-refractivity contribution in [2.24, 2.45) is 10.9 Å². The normalized spacial score (nSPS) is 11.0. The molecule has 0 aliphatic heterocycles. The second kappa shape index (κ2) is 9.32. The summed E-state index contributed by atoms with van der Waals surface area (Å²) in [4.78, 5) is 6.54. The predicted molar refractivity (Wildman–Crippen MR) is 92.7 cm³/mol. The van der Waals surface area contributed by atoms with Gasteiger partial charge in [0.1, 0.15) is 0 Å². The number of thioether (sulfide) groups is 1. The van der Waals surface area contributed by atoms with E-state index < -0.39 is 0 Å². The standard InChI is InChI=1S/C13H19N5OS2/c1-10(11-5-4-6-15-9-11)21-13(17-14)18(2)12(20)16-7-8-19-3/h4-6,9H,1,7-8,14H2,2-3H3,(H,16,20)/b17-13-. The summed E-state index contributed by atoms with van der Waals surface area (Å²) in [6, 6.07) is 3.77. The topological polar surface area (TPSA) is 75.8 Å². The number of hydrazone groups is 1. The van der Waals surface area contributed by atoms with Gasteiger partial charge in [-0.1, -0.05) is 12.6 Å². The number of hydrogen-bond donors (Lipinski definition) is 2. The number of methoxy groups -OCH3 is 1. The predicted octanol–water partition coefficient (Wildman–Crippen LogP) is 1.47. The maximum atomic E-state index is 5.45. The van der Waals surface area contributed by atoms with Gasteiger partial charge < -0.3 is 15.9 Å². The summed E-state index contributed by atoms with van der Waals surface area (Å²) in [7, 11) is 3.42. The van der Waals surface area contributed by atoms with Gasteiger partial charge in [0, 0.05) is 43.6 Å². The van der Waals surface area contributed by atoms with Crippen molar-refractivity contribution in [1.29, 1.82) is 0 Å². The van der Waals surface area contributed by atoms with E-state index in [2.05, 4.69) is 22.0 Å². The van der Waals surface area contributed by atoms with E-state index in [-0.39, 0.29) is 0 Å². The molecule has 0 aliphatic rings. The number of nitrogens with one attached hydrogen (secondary N) is 1. The average Bonchev–Trinajstić information content (AvgIpc) is 2.52. The second-order valence-electron chi connectivity index (χ2n) is 3.96. The molecule has 0 aromatic carbocycles. The molecule has 0 amide bonds. The van der Waals surface area contributed by atoms with Gasteiger partial charge in [0.2, 0.25) is 0 Å². The van der Waals surface area contributed by atoms with Crippen molar-refractivity contribution in [2.75, 3.05) is 27.3 Å². The van der Waals surface area contributed by atoms with Crippen LogP contribution in [0, 0.1) is 0 Å². The number of nitrogens with zero attached hydrogens (tertiary/aromatic N) is 3. The lowest BCUT2D eigenvalue weighted by atomic mass is 10.3. The largest absolute Gasteiger partial charge is 0.383 e. The van der Waals surface area contributed by atoms with E-state index in [9.17, 15) is 0 Å². The molecule has 21 heavy (non-hydrogen) atoms. The van der Waals surface area contributed by atoms with Crippen molar-refractivity contribution in [3.8, 4) is 0 Å². The first-order valence-electron chi connectivity index (χ1n) is 6.15. The quantitative estimate of drug-likeness (QED) is 0.212. The van der Waals surface area contributed by atoms with Crippen molar-refractivity contribution in [3.05, 3.63) is 36.7 Å². The van der Waals surface area contributed by atoms with Gasteiger partial charge in [0.25, 0.3) is 0 Å². The molecule has 114 valence electrons. The van der Waals surface area contributed by atoms with Gasteiger partial charge >= 0.3 is 0 Å². The summed E-state index contributed by atoms with van der Waals surface area (Å²) in [5.74, 6) is 5.45. The molecule has 1 aromatic heterocycles. The zero-order chi connectivity index (χ0) is 15.7. The molecular formula is C13H19N5OS2. The third-order valence-electron chi connectivity index (χ3n) is 2.48. The molecule has 0 bridgehead atoms. The number of nitrogens with two attached hydrogens (primary N) is 1. The Labute approximate surface area is 134 Å². The van der Waals surface area contributed by atoms with E-state index in [4.69, 9.17) is 22.8 Å². The van der Waals surface area contributed by atoms with Gasteiger partial charge in [-0.25, -0.2) is 0 Å². The summed E-state index contributed by atoms with van der Waals surface area (Å²) >= 11 is 6.60. The highest BCUT2D eigenvalue weighted by Crippen LogP contribution is 2.26. The molecule has 0 fully saturated rings. The minimum absolute atomic E-state index is 0.516. The molecule has 6 nitrogen and oxygen atoms in total. The molecule has 1 heterocycles. The fraction of sp³-hybridized carbons (Fsp3) is 0.308. The lowest BCUT2D eigenvalue weighted by Crippen LogP contribution is -2.41. The van der Waals surface area contributed by atoms with Crippen LogP contribution < -0.4 is 11.2 Å². The fourth-order valence-corrected chi connectivity index (χ4v) is 2.33. The zero-order valence-electron chi connectivity index (χ0n) is 12.1. The molecule has 0 spiro atoms. The smallest absolute Gasteiger partial charge is 0.193 e. The molecule has 1 aromatic rings. The Morgan fingerprint density at radius 3 is 3.00 bits per heavy atom. The SMILES string of the molecule is C=C(S/C(=N\N)N(C)C(=S)NCCOC)c1cccnc1. The van der Waals surface area contributed by atoms with Crippen molar-refractivity contribution in [1.82, 2.24) is 15.2 Å². The minimum Gasteiger partial charge on any atom is -0.383 e. The van der Waals surface area contributed by atoms with E-state index in [0.29, 0.717) is 23.4 Å². The van der Waals surface area contributed by atoms with Gasteiger partial charge in [0.05, 0.1) is 6.61 Å². The van der Waals surface area contributed by atoms with E-state index in [1.54, 1.807) is 31.5 Å². The van der Waals surface area contributed by atoms with Gasteiger partial charge in [-0.15, -0.1) is 0 Å². The van der Waals surface area contributed by atoms with Crippen LogP contribution in [0.5, 0.6) is 0 Å². The lowest BCUT2D eigenvalue weighted by Gasteiger charge is -2.21. The van der Waals surface area contributed by atoms with Crippen LogP contribution >= 0.6 is 24.0 Å². The third kappa shape index (κ3) is 5.70. The van der Waals surface area contributed by atoms with Crippen molar-refractivity contribution in [3.63, 3.8) is 0 Å². The first-order chi connectivity index (χ1) is 10.1. The summed E-state index contributed by atoms with van der Waals surface area (Å²) in [5.41, 5.74) is 0.912. The van der Waals surface area contributed by atoms with Gasteiger partial charge in [-0.3, -0.25) is 9.88 Å². The molecule has 8 heteroatoms. The molecular weight excluding hydrogens is 306 g/mol. The van der Waals surface area contributed by atoms with Gasteiger partial charge in [0.15, 0.2) is 10.3 Å². The lowest BCUT2D eigenvalue weighted by molar-refractivity contribution is 0.203. The number of thiocarbonyl (C=S) groups is 1. The number of rotatable bonds is 5. The molecule has 0 unspecified atom stereocenters. The van der Waals surface area contributed by atoms with Crippen molar-refractivity contribution >= 4 is 39.2 Å². The first kappa shape index (κ1) is 17.4. The maximum Gasteiger partial charge on any atom is 0.193 e. The van der Waals surface area contributed by atoms with Gasteiger partial charge in [-0.2, -0.15) is 5.10 Å². The Morgan fingerprint density at radius 2 is 2.43 bits per heavy atom. The number of pyridine rings is 1. The Morgan fingerprint density at radius 1 is 1.67 bits per heavy atom. The van der Waals surface area contributed by atoms with Crippen molar-refractivity contribution < 1.29 is 4.74 Å². The Kier molecular flexibility index (Phi) is 7.73. The molecule has 0 aliphatic carbocycles. The van der Waals surface area contributed by atoms with E-state index >= 15 is 0 Å². The van der Waals surface area contributed by atoms with Crippen LogP contribution in [0.2, 0.25) is 0 Å². The van der Waals surface area contributed by atoms with Crippen LogP contribution in [-0.2, 0) is 4.74 Å². The van der Waals surface area contributed by atoms with E-state index in [1.165, 1.54) is 11.8 Å². The average molecular weight is 325 g/mol. The maximum absolute atomic E-state index is 5.45. The highest BCUT2D eigenvalue weighted by molar-refractivity contribution is 8.21. The van der Waals surface area contributed by atoms with E-state index in [0.717, 1.165) is 10.5 Å². The fourth-order valence-electron chi connectivity index (χ4n) is 1.34. The second-order valence-corrected chi connectivity index (χ2v) is 5.41. The minimum atomic E-state index is 0.516. The van der Waals surface area contributed by atoms with Crippen LogP contribution in [-0.4, -0.2) is 47.5 Å². The summed E-state index contributed by atoms with van der Waals surface area (Å²) in [6.45, 7) is 5.19. The Balaban J connectivity index is 2.62. The molecule has 0 radical (unpaired) electrons. The number of ether oxygens (including phenoxy) is 1. The summed E-state index contributed by atoms with van der Waals surface area (Å²) in [5, 5.41) is 7.88. The molecule has 0 saturated heterocycles. The van der Waals surface area contributed by atoms with Crippen LogP contribution in [0.1, 0.15) is 5.56 Å².